The Bertz CT molecular complexity index is 410. The van der Waals surface area contributed by atoms with Crippen molar-refractivity contribution in [2.24, 2.45) is 5.92 Å². The first-order valence-electron chi connectivity index (χ1n) is 5.92. The second-order valence-corrected chi connectivity index (χ2v) is 4.70. The van der Waals surface area contributed by atoms with E-state index in [1.54, 1.807) is 0 Å². The minimum Gasteiger partial charge on any atom is -0.334 e. The number of nitrogens with zero attached hydrogens (tertiary/aromatic N) is 1. The summed E-state index contributed by atoms with van der Waals surface area (Å²) in [5, 5.41) is 3.34. The number of rotatable bonds is 2. The van der Waals surface area contributed by atoms with Crippen molar-refractivity contribution in [2.75, 3.05) is 19.6 Å². The molecule has 1 fully saturated rings. The van der Waals surface area contributed by atoms with E-state index in [2.05, 4.69) is 11.4 Å². The van der Waals surface area contributed by atoms with Gasteiger partial charge in [-0.25, -0.2) is 0 Å². The van der Waals surface area contributed by atoms with Crippen LogP contribution in [0.4, 0.5) is 0 Å². The fraction of sp³-hybridized carbons (Fsp3) is 0.462. The Morgan fingerprint density at radius 1 is 1.38 bits per heavy atom. The van der Waals surface area contributed by atoms with Gasteiger partial charge in [0, 0.05) is 18.7 Å². The maximum Gasteiger partial charge on any atom is 0.254 e. The summed E-state index contributed by atoms with van der Waals surface area (Å²) < 4.78 is 0. The smallest absolute Gasteiger partial charge is 0.254 e. The Morgan fingerprint density at radius 3 is 3.00 bits per heavy atom. The van der Waals surface area contributed by atoms with Gasteiger partial charge in [0.1, 0.15) is 0 Å². The van der Waals surface area contributed by atoms with Crippen LogP contribution in [0, 0.1) is 5.92 Å². The predicted molar refractivity (Wildman–Crippen MR) is 62.2 cm³/mol. The molecule has 84 valence electrons. The van der Waals surface area contributed by atoms with Crippen LogP contribution in [0.2, 0.25) is 0 Å². The molecule has 3 heteroatoms. The first-order chi connectivity index (χ1) is 7.84. The summed E-state index contributed by atoms with van der Waals surface area (Å²) in [6, 6.07) is 7.94. The first-order valence-corrected chi connectivity index (χ1v) is 5.92. The lowest BCUT2D eigenvalue weighted by Crippen LogP contribution is -2.30. The van der Waals surface area contributed by atoms with Gasteiger partial charge in [0.05, 0.1) is 0 Å². The van der Waals surface area contributed by atoms with Crippen LogP contribution < -0.4 is 5.32 Å². The number of benzene rings is 1. The SMILES string of the molecule is O=C1c2ccccc2CN1CC1CCNC1. The highest BCUT2D eigenvalue weighted by molar-refractivity contribution is 5.98. The molecule has 1 unspecified atom stereocenters. The van der Waals surface area contributed by atoms with Crippen molar-refractivity contribution in [2.45, 2.75) is 13.0 Å². The summed E-state index contributed by atoms with van der Waals surface area (Å²) in [6.45, 7) is 3.85. The summed E-state index contributed by atoms with van der Waals surface area (Å²) in [7, 11) is 0. The standard InChI is InChI=1S/C13H16N2O/c16-13-12-4-2-1-3-11(12)9-15(13)8-10-5-6-14-7-10/h1-4,10,14H,5-9H2. The lowest BCUT2D eigenvalue weighted by Gasteiger charge is -2.19. The van der Waals surface area contributed by atoms with Crippen LogP contribution in [0.25, 0.3) is 0 Å². The largest absolute Gasteiger partial charge is 0.334 e. The molecule has 2 heterocycles. The van der Waals surface area contributed by atoms with Crippen molar-refractivity contribution in [3.8, 4) is 0 Å². The van der Waals surface area contributed by atoms with Gasteiger partial charge in [0.25, 0.3) is 5.91 Å². The molecule has 2 aliphatic rings. The first kappa shape index (κ1) is 9.85. The van der Waals surface area contributed by atoms with Gasteiger partial charge in [-0.3, -0.25) is 4.79 Å². The maximum absolute atomic E-state index is 12.1. The minimum absolute atomic E-state index is 0.211. The van der Waals surface area contributed by atoms with Crippen LogP contribution in [0.3, 0.4) is 0 Å². The Balaban J connectivity index is 1.74. The quantitative estimate of drug-likeness (QED) is 0.807. The lowest BCUT2D eigenvalue weighted by molar-refractivity contribution is 0.0756. The minimum atomic E-state index is 0.211. The molecule has 3 nitrogen and oxygen atoms in total. The van der Waals surface area contributed by atoms with Crippen molar-refractivity contribution in [1.82, 2.24) is 10.2 Å². The molecule has 16 heavy (non-hydrogen) atoms. The second kappa shape index (κ2) is 3.91. The van der Waals surface area contributed by atoms with Crippen molar-refractivity contribution in [3.63, 3.8) is 0 Å². The summed E-state index contributed by atoms with van der Waals surface area (Å²) in [5.74, 6) is 0.848. The van der Waals surface area contributed by atoms with Gasteiger partial charge < -0.3 is 10.2 Å². The lowest BCUT2D eigenvalue weighted by atomic mass is 10.1. The molecule has 1 N–H and O–H groups in total. The van der Waals surface area contributed by atoms with Crippen LogP contribution in [0.5, 0.6) is 0 Å². The molecule has 0 aliphatic carbocycles. The van der Waals surface area contributed by atoms with Crippen LogP contribution in [0.15, 0.2) is 24.3 Å². The Morgan fingerprint density at radius 2 is 2.25 bits per heavy atom. The molecular formula is C13H16N2O. The zero-order valence-corrected chi connectivity index (χ0v) is 9.28. The number of hydrogen-bond donors (Lipinski definition) is 1. The maximum atomic E-state index is 12.1. The molecule has 1 amide bonds. The Labute approximate surface area is 95.4 Å². The molecule has 0 bridgehead atoms. The summed E-state index contributed by atoms with van der Waals surface area (Å²) in [5.41, 5.74) is 2.08. The number of fused-ring (bicyclic) bond motifs is 1. The van der Waals surface area contributed by atoms with E-state index in [1.807, 2.05) is 23.1 Å². The molecule has 1 atom stereocenters. The van der Waals surface area contributed by atoms with Gasteiger partial charge in [0.15, 0.2) is 0 Å². The number of carbonyl (C=O) groups is 1. The van der Waals surface area contributed by atoms with Gasteiger partial charge >= 0.3 is 0 Å². The van der Waals surface area contributed by atoms with Gasteiger partial charge in [-0.05, 0) is 37.1 Å². The zero-order valence-electron chi connectivity index (χ0n) is 9.28. The van der Waals surface area contributed by atoms with Crippen LogP contribution >= 0.6 is 0 Å². The van der Waals surface area contributed by atoms with E-state index in [4.69, 9.17) is 0 Å². The third-order valence-electron chi connectivity index (χ3n) is 3.54. The van der Waals surface area contributed by atoms with E-state index in [0.717, 1.165) is 31.7 Å². The van der Waals surface area contributed by atoms with Crippen LogP contribution in [-0.4, -0.2) is 30.4 Å². The summed E-state index contributed by atoms with van der Waals surface area (Å²) in [4.78, 5) is 14.1. The molecule has 0 spiro atoms. The highest BCUT2D eigenvalue weighted by atomic mass is 16.2. The zero-order chi connectivity index (χ0) is 11.0. The summed E-state index contributed by atoms with van der Waals surface area (Å²) in [6.07, 6.45) is 1.19. The Kier molecular flexibility index (Phi) is 2.40. The molecule has 0 radical (unpaired) electrons. The average molecular weight is 216 g/mol. The van der Waals surface area contributed by atoms with Crippen LogP contribution in [-0.2, 0) is 6.54 Å². The summed E-state index contributed by atoms with van der Waals surface area (Å²) >= 11 is 0. The third kappa shape index (κ3) is 1.61. The van der Waals surface area contributed by atoms with Gasteiger partial charge in [-0.15, -0.1) is 0 Å². The van der Waals surface area contributed by atoms with Crippen molar-refractivity contribution >= 4 is 5.91 Å². The van der Waals surface area contributed by atoms with E-state index >= 15 is 0 Å². The predicted octanol–water partition coefficient (Wildman–Crippen LogP) is 1.25. The molecular weight excluding hydrogens is 200 g/mol. The second-order valence-electron chi connectivity index (χ2n) is 4.70. The number of amides is 1. The molecule has 3 rings (SSSR count). The molecule has 1 aromatic rings. The third-order valence-corrected chi connectivity index (χ3v) is 3.54. The number of carbonyl (C=O) groups excluding carboxylic acids is 1. The highest BCUT2D eigenvalue weighted by Gasteiger charge is 2.29. The molecule has 2 aliphatic heterocycles. The normalized spacial score (nSPS) is 23.9. The fourth-order valence-electron chi connectivity index (χ4n) is 2.64. The Hall–Kier alpha value is -1.35. The molecule has 0 saturated carbocycles. The van der Waals surface area contributed by atoms with Gasteiger partial charge in [-0.2, -0.15) is 0 Å². The van der Waals surface area contributed by atoms with E-state index in [9.17, 15) is 4.79 Å². The van der Waals surface area contributed by atoms with Crippen molar-refractivity contribution < 1.29 is 4.79 Å². The van der Waals surface area contributed by atoms with E-state index in [1.165, 1.54) is 12.0 Å². The molecule has 0 aromatic heterocycles. The number of hydrogen-bond acceptors (Lipinski definition) is 2. The highest BCUT2D eigenvalue weighted by Crippen LogP contribution is 2.24. The molecule has 1 aromatic carbocycles. The van der Waals surface area contributed by atoms with Crippen LogP contribution in [0.1, 0.15) is 22.3 Å². The average Bonchev–Trinajstić information content (AvgIpc) is 2.90. The fourth-order valence-corrected chi connectivity index (χ4v) is 2.64. The van der Waals surface area contributed by atoms with E-state index in [-0.39, 0.29) is 5.91 Å². The monoisotopic (exact) mass is 216 g/mol. The van der Waals surface area contributed by atoms with E-state index in [0.29, 0.717) is 5.92 Å². The van der Waals surface area contributed by atoms with Crippen molar-refractivity contribution in [3.05, 3.63) is 35.4 Å². The number of nitrogens with one attached hydrogen (secondary N) is 1. The van der Waals surface area contributed by atoms with Gasteiger partial charge in [0.2, 0.25) is 0 Å². The topological polar surface area (TPSA) is 32.3 Å². The van der Waals surface area contributed by atoms with Gasteiger partial charge in [-0.1, -0.05) is 18.2 Å². The van der Waals surface area contributed by atoms with Crippen molar-refractivity contribution in [1.29, 1.82) is 0 Å². The molecule has 1 saturated heterocycles. The van der Waals surface area contributed by atoms with E-state index < -0.39 is 0 Å².